The summed E-state index contributed by atoms with van der Waals surface area (Å²) in [5, 5.41) is 8.57. The Morgan fingerprint density at radius 3 is 2.61 bits per heavy atom. The molecule has 18 heavy (non-hydrogen) atoms. The van der Waals surface area contributed by atoms with Gasteiger partial charge in [0.1, 0.15) is 5.15 Å². The molecule has 2 rings (SSSR count). The van der Waals surface area contributed by atoms with Crippen LogP contribution in [0, 0.1) is 18.8 Å². The fraction of sp³-hybridized carbons (Fsp3) is 0.786. The van der Waals surface area contributed by atoms with E-state index in [4.69, 9.17) is 11.6 Å². The predicted molar refractivity (Wildman–Crippen MR) is 76.0 cm³/mol. The molecule has 1 aromatic rings. The standard InChI is InChI=1S/C14H24ClN3/c1-10-13(14(15)18(3)17-10)8-12(9-16-2)11-6-4-5-7-11/h11-12,16H,4-9H2,1-3H3. The Hall–Kier alpha value is -0.540. The van der Waals surface area contributed by atoms with E-state index in [0.717, 1.165) is 29.7 Å². The molecular weight excluding hydrogens is 246 g/mol. The van der Waals surface area contributed by atoms with Crippen molar-refractivity contribution in [1.82, 2.24) is 15.1 Å². The van der Waals surface area contributed by atoms with Gasteiger partial charge in [-0.2, -0.15) is 5.10 Å². The van der Waals surface area contributed by atoms with E-state index >= 15 is 0 Å². The van der Waals surface area contributed by atoms with Gasteiger partial charge in [-0.1, -0.05) is 37.3 Å². The van der Waals surface area contributed by atoms with Crippen molar-refractivity contribution in [3.63, 3.8) is 0 Å². The van der Waals surface area contributed by atoms with Crippen LogP contribution in [0.1, 0.15) is 36.9 Å². The summed E-state index contributed by atoms with van der Waals surface area (Å²) in [6.45, 7) is 3.14. The second kappa shape index (κ2) is 6.07. The first-order valence-corrected chi connectivity index (χ1v) is 7.33. The van der Waals surface area contributed by atoms with Crippen molar-refractivity contribution in [2.75, 3.05) is 13.6 Å². The molecule has 0 aliphatic heterocycles. The van der Waals surface area contributed by atoms with Crippen LogP contribution in [0.15, 0.2) is 0 Å². The minimum absolute atomic E-state index is 0.692. The molecule has 0 spiro atoms. The average molecular weight is 270 g/mol. The zero-order valence-corrected chi connectivity index (χ0v) is 12.4. The number of nitrogens with zero attached hydrogens (tertiary/aromatic N) is 2. The van der Waals surface area contributed by atoms with E-state index in [1.165, 1.54) is 31.2 Å². The van der Waals surface area contributed by atoms with Crippen LogP contribution in [0.5, 0.6) is 0 Å². The number of aromatic nitrogens is 2. The molecule has 3 nitrogen and oxygen atoms in total. The summed E-state index contributed by atoms with van der Waals surface area (Å²) < 4.78 is 1.79. The fourth-order valence-corrected chi connectivity index (χ4v) is 3.52. The van der Waals surface area contributed by atoms with Crippen molar-refractivity contribution < 1.29 is 0 Å². The highest BCUT2D eigenvalue weighted by Gasteiger charge is 2.26. The van der Waals surface area contributed by atoms with Gasteiger partial charge in [0.05, 0.1) is 5.69 Å². The van der Waals surface area contributed by atoms with Crippen LogP contribution in [-0.4, -0.2) is 23.4 Å². The lowest BCUT2D eigenvalue weighted by Crippen LogP contribution is -2.26. The normalized spacial score (nSPS) is 18.4. The van der Waals surface area contributed by atoms with Crippen molar-refractivity contribution >= 4 is 11.6 Å². The van der Waals surface area contributed by atoms with Crippen molar-refractivity contribution in [3.8, 4) is 0 Å². The Balaban J connectivity index is 2.12. The maximum atomic E-state index is 6.35. The number of hydrogen-bond acceptors (Lipinski definition) is 2. The first-order valence-electron chi connectivity index (χ1n) is 6.96. The number of aryl methyl sites for hydroxylation is 2. The molecule has 1 aromatic heterocycles. The van der Waals surface area contributed by atoms with Crippen molar-refractivity contribution in [1.29, 1.82) is 0 Å². The molecule has 0 aromatic carbocycles. The maximum Gasteiger partial charge on any atom is 0.130 e. The summed E-state index contributed by atoms with van der Waals surface area (Å²) in [5.74, 6) is 1.55. The molecule has 0 bridgehead atoms. The summed E-state index contributed by atoms with van der Waals surface area (Å²) in [4.78, 5) is 0. The predicted octanol–water partition coefficient (Wildman–Crippen LogP) is 2.95. The summed E-state index contributed by atoms with van der Waals surface area (Å²) in [5.41, 5.74) is 2.33. The molecule has 1 saturated carbocycles. The zero-order valence-electron chi connectivity index (χ0n) is 11.7. The number of hydrogen-bond donors (Lipinski definition) is 1. The largest absolute Gasteiger partial charge is 0.319 e. The molecule has 102 valence electrons. The second-order valence-electron chi connectivity index (χ2n) is 5.54. The average Bonchev–Trinajstić information content (AvgIpc) is 2.93. The third-order valence-corrected chi connectivity index (χ3v) is 4.74. The first-order chi connectivity index (χ1) is 8.63. The molecule has 1 heterocycles. The lowest BCUT2D eigenvalue weighted by molar-refractivity contribution is 0.328. The molecule has 1 atom stereocenters. The van der Waals surface area contributed by atoms with Gasteiger partial charge in [0.2, 0.25) is 0 Å². The van der Waals surface area contributed by atoms with Crippen LogP contribution in [0.25, 0.3) is 0 Å². The van der Waals surface area contributed by atoms with Crippen LogP contribution in [0.4, 0.5) is 0 Å². The Bertz CT molecular complexity index is 394. The van der Waals surface area contributed by atoms with Gasteiger partial charge in [0.15, 0.2) is 0 Å². The van der Waals surface area contributed by atoms with Crippen molar-refractivity contribution in [2.45, 2.75) is 39.0 Å². The maximum absolute atomic E-state index is 6.35. The van der Waals surface area contributed by atoms with E-state index in [1.807, 2.05) is 14.1 Å². The van der Waals surface area contributed by atoms with E-state index in [9.17, 15) is 0 Å². The molecular formula is C14H24ClN3. The first kappa shape index (κ1) is 13.9. The zero-order chi connectivity index (χ0) is 13.1. The molecule has 1 N–H and O–H groups in total. The molecule has 0 amide bonds. The molecule has 1 fully saturated rings. The lowest BCUT2D eigenvalue weighted by atomic mass is 9.85. The third-order valence-electron chi connectivity index (χ3n) is 4.27. The Kier molecular flexibility index (Phi) is 4.68. The Labute approximate surface area is 115 Å². The topological polar surface area (TPSA) is 29.9 Å². The molecule has 0 radical (unpaired) electrons. The van der Waals surface area contributed by atoms with Gasteiger partial charge in [-0.15, -0.1) is 0 Å². The Morgan fingerprint density at radius 2 is 2.11 bits per heavy atom. The number of halogens is 1. The van der Waals surface area contributed by atoms with E-state index in [-0.39, 0.29) is 0 Å². The van der Waals surface area contributed by atoms with Gasteiger partial charge >= 0.3 is 0 Å². The van der Waals surface area contributed by atoms with Gasteiger partial charge in [0.25, 0.3) is 0 Å². The summed E-state index contributed by atoms with van der Waals surface area (Å²) in [7, 11) is 3.96. The summed E-state index contributed by atoms with van der Waals surface area (Å²) in [6.07, 6.45) is 6.60. The molecule has 1 unspecified atom stereocenters. The molecule has 0 saturated heterocycles. The number of nitrogens with one attached hydrogen (secondary N) is 1. The SMILES string of the molecule is CNCC(Cc1c(C)nn(C)c1Cl)C1CCCC1. The molecule has 1 aliphatic carbocycles. The quantitative estimate of drug-likeness (QED) is 0.891. The van der Waals surface area contributed by atoms with E-state index in [2.05, 4.69) is 17.3 Å². The highest BCUT2D eigenvalue weighted by Crippen LogP contribution is 2.34. The van der Waals surface area contributed by atoms with Crippen LogP contribution in [0.3, 0.4) is 0 Å². The second-order valence-corrected chi connectivity index (χ2v) is 5.90. The minimum Gasteiger partial charge on any atom is -0.319 e. The van der Waals surface area contributed by atoms with Crippen LogP contribution < -0.4 is 5.32 Å². The van der Waals surface area contributed by atoms with Gasteiger partial charge < -0.3 is 5.32 Å². The van der Waals surface area contributed by atoms with E-state index in [0.29, 0.717) is 5.92 Å². The highest BCUT2D eigenvalue weighted by molar-refractivity contribution is 6.30. The van der Waals surface area contributed by atoms with E-state index in [1.54, 1.807) is 4.68 Å². The van der Waals surface area contributed by atoms with Crippen molar-refractivity contribution in [3.05, 3.63) is 16.4 Å². The number of rotatable bonds is 5. The Morgan fingerprint density at radius 1 is 1.44 bits per heavy atom. The van der Waals surface area contributed by atoms with Gasteiger partial charge in [0, 0.05) is 12.6 Å². The molecule has 4 heteroatoms. The van der Waals surface area contributed by atoms with Gasteiger partial charge in [-0.05, 0) is 38.8 Å². The summed E-state index contributed by atoms with van der Waals surface area (Å²) in [6, 6.07) is 0. The van der Waals surface area contributed by atoms with Gasteiger partial charge in [-0.25, -0.2) is 0 Å². The smallest absolute Gasteiger partial charge is 0.130 e. The minimum atomic E-state index is 0.692. The highest BCUT2D eigenvalue weighted by atomic mass is 35.5. The van der Waals surface area contributed by atoms with Crippen LogP contribution in [-0.2, 0) is 13.5 Å². The monoisotopic (exact) mass is 269 g/mol. The van der Waals surface area contributed by atoms with Gasteiger partial charge in [-0.3, -0.25) is 4.68 Å². The van der Waals surface area contributed by atoms with Crippen molar-refractivity contribution in [2.24, 2.45) is 18.9 Å². The van der Waals surface area contributed by atoms with Crippen LogP contribution >= 0.6 is 11.6 Å². The lowest BCUT2D eigenvalue weighted by Gasteiger charge is -2.23. The third kappa shape index (κ3) is 2.89. The van der Waals surface area contributed by atoms with E-state index < -0.39 is 0 Å². The fourth-order valence-electron chi connectivity index (χ4n) is 3.26. The van der Waals surface area contributed by atoms with Crippen LogP contribution in [0.2, 0.25) is 5.15 Å². The summed E-state index contributed by atoms with van der Waals surface area (Å²) >= 11 is 6.35. The molecule has 1 aliphatic rings.